The minimum absolute atomic E-state index is 0.602. The third-order valence-electron chi connectivity index (χ3n) is 3.15. The first-order valence-electron chi connectivity index (χ1n) is 4.10. The van der Waals surface area contributed by atoms with Crippen molar-refractivity contribution in [2.24, 2.45) is 5.92 Å². The van der Waals surface area contributed by atoms with E-state index in [2.05, 4.69) is 12.2 Å². The predicted octanol–water partition coefficient (Wildman–Crippen LogP) is 1.54. The molecular weight excluding hydrogens is 110 g/mol. The Morgan fingerprint density at radius 3 is 2.78 bits per heavy atom. The van der Waals surface area contributed by atoms with Gasteiger partial charge in [-0.2, -0.15) is 0 Å². The van der Waals surface area contributed by atoms with E-state index in [0.29, 0.717) is 5.54 Å². The summed E-state index contributed by atoms with van der Waals surface area (Å²) in [7, 11) is 0. The van der Waals surface area contributed by atoms with E-state index in [1.54, 1.807) is 0 Å². The summed E-state index contributed by atoms with van der Waals surface area (Å²) in [4.78, 5) is 0. The van der Waals surface area contributed by atoms with Crippen molar-refractivity contribution in [2.75, 3.05) is 6.54 Å². The normalized spacial score (nSPS) is 48.3. The van der Waals surface area contributed by atoms with Gasteiger partial charge in [-0.1, -0.05) is 6.92 Å². The summed E-state index contributed by atoms with van der Waals surface area (Å²) in [5.41, 5.74) is 0.602. The molecule has 1 N–H and O–H groups in total. The number of hydrogen-bond acceptors (Lipinski definition) is 1. The Balaban J connectivity index is 2.13. The first-order valence-corrected chi connectivity index (χ1v) is 4.10. The van der Waals surface area contributed by atoms with Gasteiger partial charge in [-0.3, -0.25) is 0 Å². The van der Waals surface area contributed by atoms with Gasteiger partial charge >= 0.3 is 0 Å². The lowest BCUT2D eigenvalue weighted by molar-refractivity contribution is 0.351. The highest BCUT2D eigenvalue weighted by atomic mass is 15.0. The zero-order valence-electron chi connectivity index (χ0n) is 6.11. The summed E-state index contributed by atoms with van der Waals surface area (Å²) < 4.78 is 0. The second-order valence-corrected chi connectivity index (χ2v) is 3.62. The molecular formula is C8H15N. The molecule has 1 heterocycles. The van der Waals surface area contributed by atoms with E-state index in [1.165, 1.54) is 32.2 Å². The molecule has 9 heavy (non-hydrogen) atoms. The monoisotopic (exact) mass is 125 g/mol. The van der Waals surface area contributed by atoms with Crippen LogP contribution in [0, 0.1) is 5.92 Å². The molecule has 0 amide bonds. The van der Waals surface area contributed by atoms with Gasteiger partial charge in [0, 0.05) is 5.54 Å². The minimum Gasteiger partial charge on any atom is -0.311 e. The smallest absolute Gasteiger partial charge is 0.0182 e. The fourth-order valence-electron chi connectivity index (χ4n) is 2.38. The maximum absolute atomic E-state index is 3.62. The molecule has 1 aliphatic heterocycles. The fraction of sp³-hybridized carbons (Fsp3) is 1.00. The molecule has 2 atom stereocenters. The van der Waals surface area contributed by atoms with Gasteiger partial charge in [-0.15, -0.1) is 0 Å². The maximum Gasteiger partial charge on any atom is 0.0182 e. The first-order chi connectivity index (χ1) is 4.35. The van der Waals surface area contributed by atoms with Gasteiger partial charge in [-0.25, -0.2) is 0 Å². The number of nitrogens with one attached hydrogen (secondary N) is 1. The maximum atomic E-state index is 3.62. The number of piperidine rings is 1. The van der Waals surface area contributed by atoms with Crippen molar-refractivity contribution in [3.8, 4) is 0 Å². The molecule has 0 aromatic rings. The first kappa shape index (κ1) is 5.72. The molecule has 0 aromatic carbocycles. The van der Waals surface area contributed by atoms with E-state index in [0.717, 1.165) is 5.92 Å². The molecule has 1 heteroatoms. The number of fused-ring (bicyclic) bond motifs is 2. The average molecular weight is 125 g/mol. The Labute approximate surface area is 56.8 Å². The molecule has 2 rings (SSSR count). The fourth-order valence-corrected chi connectivity index (χ4v) is 2.38. The van der Waals surface area contributed by atoms with Crippen LogP contribution in [0.5, 0.6) is 0 Å². The van der Waals surface area contributed by atoms with E-state index in [-0.39, 0.29) is 0 Å². The van der Waals surface area contributed by atoms with Crippen molar-refractivity contribution in [1.82, 2.24) is 5.32 Å². The summed E-state index contributed by atoms with van der Waals surface area (Å²) in [6.45, 7) is 3.61. The molecule has 0 radical (unpaired) electrons. The lowest BCUT2D eigenvalue weighted by atomic mass is 9.96. The van der Waals surface area contributed by atoms with Crippen molar-refractivity contribution in [1.29, 1.82) is 0 Å². The molecule has 1 saturated carbocycles. The van der Waals surface area contributed by atoms with E-state index in [4.69, 9.17) is 0 Å². The van der Waals surface area contributed by atoms with Crippen molar-refractivity contribution in [3.05, 3.63) is 0 Å². The minimum atomic E-state index is 0.602. The van der Waals surface area contributed by atoms with Crippen LogP contribution in [-0.4, -0.2) is 12.1 Å². The van der Waals surface area contributed by atoms with Crippen LogP contribution in [-0.2, 0) is 0 Å². The zero-order valence-corrected chi connectivity index (χ0v) is 6.11. The summed E-state index contributed by atoms with van der Waals surface area (Å²) in [6, 6.07) is 0. The van der Waals surface area contributed by atoms with Crippen molar-refractivity contribution >= 4 is 0 Å². The van der Waals surface area contributed by atoms with Gasteiger partial charge in [0.15, 0.2) is 0 Å². The Kier molecular flexibility index (Phi) is 1.10. The molecule has 2 bridgehead atoms. The summed E-state index contributed by atoms with van der Waals surface area (Å²) in [6.07, 6.45) is 5.72. The topological polar surface area (TPSA) is 12.0 Å². The SMILES string of the molecule is CCC12CCC(CN1)C2. The molecule has 0 spiro atoms. The Hall–Kier alpha value is -0.0400. The quantitative estimate of drug-likeness (QED) is 0.560. The highest BCUT2D eigenvalue weighted by Gasteiger charge is 2.42. The molecule has 1 nitrogen and oxygen atoms in total. The van der Waals surface area contributed by atoms with Crippen LogP contribution in [0.1, 0.15) is 32.6 Å². The highest BCUT2D eigenvalue weighted by molar-refractivity contribution is 5.01. The van der Waals surface area contributed by atoms with Gasteiger partial charge in [0.25, 0.3) is 0 Å². The van der Waals surface area contributed by atoms with Crippen LogP contribution in [0.2, 0.25) is 0 Å². The standard InChI is InChI=1S/C8H15N/c1-2-8-4-3-7(5-8)6-9-8/h7,9H,2-6H2,1H3. The third kappa shape index (κ3) is 0.710. The summed E-state index contributed by atoms with van der Waals surface area (Å²) in [5, 5.41) is 3.62. The van der Waals surface area contributed by atoms with E-state index < -0.39 is 0 Å². The van der Waals surface area contributed by atoms with Crippen molar-refractivity contribution in [2.45, 2.75) is 38.1 Å². The van der Waals surface area contributed by atoms with Crippen molar-refractivity contribution in [3.63, 3.8) is 0 Å². The molecule has 0 aromatic heterocycles. The Morgan fingerprint density at radius 2 is 2.56 bits per heavy atom. The van der Waals surface area contributed by atoms with Gasteiger partial charge in [-0.05, 0) is 38.1 Å². The van der Waals surface area contributed by atoms with Gasteiger partial charge < -0.3 is 5.32 Å². The average Bonchev–Trinajstić information content (AvgIpc) is 2.46. The van der Waals surface area contributed by atoms with Crippen LogP contribution in [0.3, 0.4) is 0 Å². The Bertz CT molecular complexity index is 112. The second-order valence-electron chi connectivity index (χ2n) is 3.62. The summed E-state index contributed by atoms with van der Waals surface area (Å²) >= 11 is 0. The second kappa shape index (κ2) is 1.72. The molecule has 1 aliphatic carbocycles. The molecule has 2 aliphatic rings. The molecule has 2 fully saturated rings. The van der Waals surface area contributed by atoms with Crippen LogP contribution in [0.15, 0.2) is 0 Å². The van der Waals surface area contributed by atoms with Gasteiger partial charge in [0.1, 0.15) is 0 Å². The molecule has 2 unspecified atom stereocenters. The lowest BCUT2D eigenvalue weighted by Gasteiger charge is -2.25. The molecule has 1 saturated heterocycles. The zero-order chi connectivity index (χ0) is 6.32. The van der Waals surface area contributed by atoms with Crippen LogP contribution >= 0.6 is 0 Å². The third-order valence-corrected chi connectivity index (χ3v) is 3.15. The largest absolute Gasteiger partial charge is 0.311 e. The van der Waals surface area contributed by atoms with Crippen LogP contribution in [0.25, 0.3) is 0 Å². The molecule has 52 valence electrons. The van der Waals surface area contributed by atoms with E-state index in [9.17, 15) is 0 Å². The van der Waals surface area contributed by atoms with E-state index >= 15 is 0 Å². The highest BCUT2D eigenvalue weighted by Crippen LogP contribution is 2.41. The van der Waals surface area contributed by atoms with Crippen LogP contribution in [0.4, 0.5) is 0 Å². The van der Waals surface area contributed by atoms with E-state index in [1.807, 2.05) is 0 Å². The summed E-state index contributed by atoms with van der Waals surface area (Å²) in [5.74, 6) is 1.03. The predicted molar refractivity (Wildman–Crippen MR) is 38.4 cm³/mol. The Morgan fingerprint density at radius 1 is 1.67 bits per heavy atom. The van der Waals surface area contributed by atoms with Crippen molar-refractivity contribution < 1.29 is 0 Å². The lowest BCUT2D eigenvalue weighted by Crippen LogP contribution is -2.39. The number of hydrogen-bond donors (Lipinski definition) is 1. The van der Waals surface area contributed by atoms with Gasteiger partial charge in [0.05, 0.1) is 0 Å². The van der Waals surface area contributed by atoms with Crippen LogP contribution < -0.4 is 5.32 Å². The number of rotatable bonds is 1. The van der Waals surface area contributed by atoms with Gasteiger partial charge in [0.2, 0.25) is 0 Å².